The fourth-order valence-electron chi connectivity index (χ4n) is 2.32. The van der Waals surface area contributed by atoms with E-state index >= 15 is 0 Å². The molecule has 1 aromatic carbocycles. The Bertz CT molecular complexity index is 511. The molecule has 0 bridgehead atoms. The quantitative estimate of drug-likeness (QED) is 0.930. The highest BCUT2D eigenvalue weighted by atomic mass is 19.4. The van der Waals surface area contributed by atoms with E-state index in [4.69, 9.17) is 5.73 Å². The zero-order chi connectivity index (χ0) is 15.6. The molecule has 0 aliphatic carbocycles. The third-order valence-electron chi connectivity index (χ3n) is 3.16. The van der Waals surface area contributed by atoms with Gasteiger partial charge in [0.1, 0.15) is 5.75 Å². The van der Waals surface area contributed by atoms with Crippen LogP contribution in [0.4, 0.5) is 13.2 Å². The van der Waals surface area contributed by atoms with E-state index in [0.29, 0.717) is 18.4 Å². The van der Waals surface area contributed by atoms with Crippen LogP contribution in [-0.4, -0.2) is 30.3 Å². The summed E-state index contributed by atoms with van der Waals surface area (Å²) in [5, 5.41) is 0. The van der Waals surface area contributed by atoms with Crippen molar-refractivity contribution in [3.63, 3.8) is 0 Å². The Hall–Kier alpha value is -1.92. The first-order chi connectivity index (χ1) is 9.76. The first-order valence-electron chi connectivity index (χ1n) is 6.68. The number of hydrogen-bond donors (Lipinski definition) is 1. The van der Waals surface area contributed by atoms with Crippen LogP contribution < -0.4 is 10.5 Å². The van der Waals surface area contributed by atoms with E-state index in [-0.39, 0.29) is 11.8 Å². The molecule has 1 aliphatic heterocycles. The van der Waals surface area contributed by atoms with E-state index in [1.54, 1.807) is 12.1 Å². The lowest BCUT2D eigenvalue weighted by atomic mass is 10.0. The zero-order valence-electron chi connectivity index (χ0n) is 11.9. The number of rotatable bonds is 4. The maximum absolute atomic E-state index is 12.1. The van der Waals surface area contributed by atoms with Gasteiger partial charge in [-0.2, -0.15) is 0 Å². The minimum absolute atomic E-state index is 0.0349. The average Bonchev–Trinajstić information content (AvgIpc) is 2.70. The molecule has 1 heterocycles. The van der Waals surface area contributed by atoms with Crippen LogP contribution in [0.2, 0.25) is 0 Å². The summed E-state index contributed by atoms with van der Waals surface area (Å²) in [7, 11) is 0. The van der Waals surface area contributed by atoms with E-state index in [0.717, 1.165) is 12.1 Å². The van der Waals surface area contributed by atoms with Gasteiger partial charge in [-0.3, -0.25) is 4.99 Å². The summed E-state index contributed by atoms with van der Waals surface area (Å²) in [5.74, 6) is 0.657. The molecule has 0 spiro atoms. The summed E-state index contributed by atoms with van der Waals surface area (Å²) in [4.78, 5) is 6.20. The van der Waals surface area contributed by atoms with E-state index in [1.807, 2.05) is 4.90 Å². The summed E-state index contributed by atoms with van der Waals surface area (Å²) >= 11 is 0. The van der Waals surface area contributed by atoms with Crippen molar-refractivity contribution in [2.75, 3.05) is 13.1 Å². The molecule has 4 nitrogen and oxygen atoms in total. The number of ether oxygens (including phenoxy) is 1. The number of guanidine groups is 1. The van der Waals surface area contributed by atoms with Crippen molar-refractivity contribution in [1.29, 1.82) is 0 Å². The Morgan fingerprint density at radius 2 is 1.95 bits per heavy atom. The maximum Gasteiger partial charge on any atom is 0.573 e. The van der Waals surface area contributed by atoms with Gasteiger partial charge in [0.15, 0.2) is 5.96 Å². The molecule has 0 radical (unpaired) electrons. The van der Waals surface area contributed by atoms with Crippen LogP contribution >= 0.6 is 0 Å². The van der Waals surface area contributed by atoms with Crippen molar-refractivity contribution >= 4 is 5.96 Å². The van der Waals surface area contributed by atoms with Crippen LogP contribution in [0.1, 0.15) is 25.5 Å². The molecule has 2 rings (SSSR count). The highest BCUT2D eigenvalue weighted by Gasteiger charge is 2.31. The largest absolute Gasteiger partial charge is 0.573 e. The second kappa shape index (κ2) is 5.83. The fourth-order valence-corrected chi connectivity index (χ4v) is 2.32. The van der Waals surface area contributed by atoms with E-state index in [1.165, 1.54) is 12.1 Å². The molecular formula is C14H18F3N3O. The molecule has 0 fully saturated rings. The Morgan fingerprint density at radius 1 is 1.33 bits per heavy atom. The highest BCUT2D eigenvalue weighted by molar-refractivity contribution is 5.80. The molecule has 0 amide bonds. The molecule has 0 saturated carbocycles. The lowest BCUT2D eigenvalue weighted by molar-refractivity contribution is -0.274. The molecular weight excluding hydrogens is 283 g/mol. The smallest absolute Gasteiger partial charge is 0.406 e. The minimum Gasteiger partial charge on any atom is -0.406 e. The SMILES string of the molecule is CC(C)CN1C(N)=NCC1c1ccc(OC(F)(F)F)cc1. The summed E-state index contributed by atoms with van der Waals surface area (Å²) in [6, 6.07) is 5.82. The van der Waals surface area contributed by atoms with E-state index in [2.05, 4.69) is 23.6 Å². The summed E-state index contributed by atoms with van der Waals surface area (Å²) < 4.78 is 40.3. The van der Waals surface area contributed by atoms with Gasteiger partial charge in [-0.05, 0) is 23.6 Å². The third-order valence-corrected chi connectivity index (χ3v) is 3.16. The van der Waals surface area contributed by atoms with Gasteiger partial charge in [0.05, 0.1) is 12.6 Å². The average molecular weight is 301 g/mol. The summed E-state index contributed by atoms with van der Waals surface area (Å²) in [5.41, 5.74) is 6.74. The van der Waals surface area contributed by atoms with Crippen LogP contribution in [0.5, 0.6) is 5.75 Å². The van der Waals surface area contributed by atoms with Gasteiger partial charge in [0.2, 0.25) is 0 Å². The lowest BCUT2D eigenvalue weighted by Crippen LogP contribution is -2.38. The normalized spacial score (nSPS) is 19.0. The monoisotopic (exact) mass is 301 g/mol. The molecule has 0 saturated heterocycles. The molecule has 2 N–H and O–H groups in total. The van der Waals surface area contributed by atoms with Crippen molar-refractivity contribution in [2.24, 2.45) is 16.6 Å². The van der Waals surface area contributed by atoms with Crippen LogP contribution in [0.25, 0.3) is 0 Å². The standard InChI is InChI=1S/C14H18F3N3O/c1-9(2)8-20-12(7-19-13(20)18)10-3-5-11(6-4-10)21-14(15,16)17/h3-6,9,12H,7-8H2,1-2H3,(H2,18,19). The first kappa shape index (κ1) is 15.5. The van der Waals surface area contributed by atoms with Gasteiger partial charge in [-0.1, -0.05) is 26.0 Å². The molecule has 116 valence electrons. The summed E-state index contributed by atoms with van der Waals surface area (Å²) in [6.07, 6.45) is -4.67. The number of nitrogens with two attached hydrogens (primary N) is 1. The van der Waals surface area contributed by atoms with Crippen molar-refractivity contribution in [3.8, 4) is 5.75 Å². The molecule has 7 heteroatoms. The Balaban J connectivity index is 2.11. The molecule has 1 atom stereocenters. The van der Waals surface area contributed by atoms with Gasteiger partial charge in [-0.15, -0.1) is 13.2 Å². The van der Waals surface area contributed by atoms with Crippen molar-refractivity contribution in [1.82, 2.24) is 4.90 Å². The number of hydrogen-bond acceptors (Lipinski definition) is 4. The minimum atomic E-state index is -4.67. The van der Waals surface area contributed by atoms with Gasteiger partial charge in [-0.25, -0.2) is 0 Å². The number of aliphatic imine (C=N–C) groups is 1. The van der Waals surface area contributed by atoms with Gasteiger partial charge < -0.3 is 15.4 Å². The molecule has 1 aliphatic rings. The van der Waals surface area contributed by atoms with Crippen molar-refractivity contribution in [2.45, 2.75) is 26.3 Å². The molecule has 1 unspecified atom stereocenters. The second-order valence-corrected chi connectivity index (χ2v) is 5.38. The third kappa shape index (κ3) is 4.03. The summed E-state index contributed by atoms with van der Waals surface area (Å²) in [6.45, 7) is 5.41. The predicted octanol–water partition coefficient (Wildman–Crippen LogP) is 2.91. The van der Waals surface area contributed by atoms with Gasteiger partial charge >= 0.3 is 6.36 Å². The Morgan fingerprint density at radius 3 is 2.48 bits per heavy atom. The maximum atomic E-state index is 12.1. The van der Waals surface area contributed by atoms with Crippen molar-refractivity contribution < 1.29 is 17.9 Å². The van der Waals surface area contributed by atoms with Crippen LogP contribution in [0, 0.1) is 5.92 Å². The molecule has 0 aromatic heterocycles. The fraction of sp³-hybridized carbons (Fsp3) is 0.500. The predicted molar refractivity (Wildman–Crippen MR) is 73.9 cm³/mol. The van der Waals surface area contributed by atoms with Gasteiger partial charge in [0, 0.05) is 6.54 Å². The number of nitrogens with zero attached hydrogens (tertiary/aromatic N) is 2. The Kier molecular flexibility index (Phi) is 4.29. The number of halogens is 3. The zero-order valence-corrected chi connectivity index (χ0v) is 11.9. The van der Waals surface area contributed by atoms with Gasteiger partial charge in [0.25, 0.3) is 0 Å². The van der Waals surface area contributed by atoms with Crippen LogP contribution in [0.3, 0.4) is 0 Å². The molecule has 1 aromatic rings. The number of benzene rings is 1. The van der Waals surface area contributed by atoms with Crippen LogP contribution in [0.15, 0.2) is 29.3 Å². The van der Waals surface area contributed by atoms with E-state index in [9.17, 15) is 13.2 Å². The topological polar surface area (TPSA) is 50.8 Å². The first-order valence-corrected chi connectivity index (χ1v) is 6.68. The lowest BCUT2D eigenvalue weighted by Gasteiger charge is -2.28. The number of alkyl halides is 3. The van der Waals surface area contributed by atoms with E-state index < -0.39 is 6.36 Å². The van der Waals surface area contributed by atoms with Crippen molar-refractivity contribution in [3.05, 3.63) is 29.8 Å². The van der Waals surface area contributed by atoms with Crippen LogP contribution in [-0.2, 0) is 0 Å². The highest BCUT2D eigenvalue weighted by Crippen LogP contribution is 2.29. The second-order valence-electron chi connectivity index (χ2n) is 5.38. The molecule has 21 heavy (non-hydrogen) atoms. The Labute approximate surface area is 121 Å².